The van der Waals surface area contributed by atoms with E-state index in [1.54, 1.807) is 0 Å². The maximum Gasteiger partial charge on any atom is 0.119 e. The molecule has 0 aromatic carbocycles. The summed E-state index contributed by atoms with van der Waals surface area (Å²) in [6.07, 6.45) is 17.3. The van der Waals surface area contributed by atoms with E-state index in [0.29, 0.717) is 19.4 Å². The molecule has 0 saturated heterocycles. The molecule has 0 atom stereocenters. The van der Waals surface area contributed by atoms with Gasteiger partial charge in [0.1, 0.15) is 12.6 Å². The minimum atomic E-state index is 0.293. The van der Waals surface area contributed by atoms with Crippen LogP contribution in [0.2, 0.25) is 0 Å². The van der Waals surface area contributed by atoms with Crippen molar-refractivity contribution in [3.05, 3.63) is 0 Å². The molecule has 0 spiro atoms. The molecule has 0 heterocycles. The largest absolute Gasteiger partial charge is 0.396 e. The van der Waals surface area contributed by atoms with Crippen LogP contribution in [0.4, 0.5) is 0 Å². The normalized spacial score (nSPS) is 11.1. The third-order valence-electron chi connectivity index (χ3n) is 4.48. The molecule has 0 unspecified atom stereocenters. The lowest BCUT2D eigenvalue weighted by atomic mass is 10.1. The summed E-state index contributed by atoms with van der Waals surface area (Å²) < 4.78 is 0. The summed E-state index contributed by atoms with van der Waals surface area (Å²) in [5.41, 5.74) is 0. The standard InChI is InChI=1S/C20H39NO3/c22-18-12-7-3-1-5-9-15-21(17-11-14-20-24)16-10-6-2-4-8-13-19-23/h18-19,24H,1-17,20H2. The Kier molecular flexibility index (Phi) is 19.7. The van der Waals surface area contributed by atoms with Crippen LogP contribution in [0, 0.1) is 0 Å². The van der Waals surface area contributed by atoms with Gasteiger partial charge in [0.05, 0.1) is 0 Å². The van der Waals surface area contributed by atoms with Gasteiger partial charge in [-0.2, -0.15) is 0 Å². The number of carbonyl (C=O) groups excluding carboxylic acids is 2. The number of unbranched alkanes of at least 4 members (excludes halogenated alkanes) is 11. The molecule has 0 bridgehead atoms. The first-order valence-corrected chi connectivity index (χ1v) is 10.1. The number of rotatable bonds is 20. The number of carbonyl (C=O) groups is 2. The minimum Gasteiger partial charge on any atom is -0.396 e. The number of nitrogens with zero attached hydrogens (tertiary/aromatic N) is 1. The summed E-state index contributed by atoms with van der Waals surface area (Å²) >= 11 is 0. The first-order chi connectivity index (χ1) is 11.8. The van der Waals surface area contributed by atoms with Crippen LogP contribution in [-0.4, -0.2) is 48.8 Å². The molecule has 4 nitrogen and oxygen atoms in total. The van der Waals surface area contributed by atoms with Gasteiger partial charge in [-0.1, -0.05) is 38.5 Å². The SMILES string of the molecule is O=CCCCCCCCN(CCCCO)CCCCCCCC=O. The molecule has 0 fully saturated rings. The molecule has 24 heavy (non-hydrogen) atoms. The van der Waals surface area contributed by atoms with Gasteiger partial charge in [0.25, 0.3) is 0 Å². The average Bonchev–Trinajstić information content (AvgIpc) is 2.59. The molecular weight excluding hydrogens is 302 g/mol. The molecule has 4 heteroatoms. The van der Waals surface area contributed by atoms with E-state index in [2.05, 4.69) is 4.90 Å². The van der Waals surface area contributed by atoms with E-state index in [-0.39, 0.29) is 0 Å². The Morgan fingerprint density at radius 2 is 0.917 bits per heavy atom. The molecule has 142 valence electrons. The summed E-state index contributed by atoms with van der Waals surface area (Å²) in [6, 6.07) is 0. The first-order valence-electron chi connectivity index (χ1n) is 10.1. The van der Waals surface area contributed by atoms with E-state index in [1.165, 1.54) is 51.4 Å². The summed E-state index contributed by atoms with van der Waals surface area (Å²) in [5.74, 6) is 0. The van der Waals surface area contributed by atoms with Gasteiger partial charge < -0.3 is 19.6 Å². The van der Waals surface area contributed by atoms with Crippen molar-refractivity contribution in [2.75, 3.05) is 26.2 Å². The van der Waals surface area contributed by atoms with Crippen LogP contribution in [0.5, 0.6) is 0 Å². The van der Waals surface area contributed by atoms with Gasteiger partial charge in [-0.15, -0.1) is 0 Å². The van der Waals surface area contributed by atoms with Gasteiger partial charge in [-0.3, -0.25) is 0 Å². The highest BCUT2D eigenvalue weighted by atomic mass is 16.2. The fourth-order valence-corrected chi connectivity index (χ4v) is 2.97. The molecule has 0 rings (SSSR count). The lowest BCUT2D eigenvalue weighted by Crippen LogP contribution is -2.27. The highest BCUT2D eigenvalue weighted by Gasteiger charge is 2.04. The van der Waals surface area contributed by atoms with Crippen LogP contribution in [0.15, 0.2) is 0 Å². The number of aldehydes is 2. The van der Waals surface area contributed by atoms with Gasteiger partial charge in [0, 0.05) is 19.4 Å². The third-order valence-corrected chi connectivity index (χ3v) is 4.48. The second kappa shape index (κ2) is 20.3. The molecule has 0 amide bonds. The van der Waals surface area contributed by atoms with Crippen molar-refractivity contribution in [1.82, 2.24) is 4.90 Å². The monoisotopic (exact) mass is 341 g/mol. The number of hydrogen-bond donors (Lipinski definition) is 1. The molecular formula is C20H39NO3. The van der Waals surface area contributed by atoms with Crippen molar-refractivity contribution in [3.8, 4) is 0 Å². The Hall–Kier alpha value is -0.740. The van der Waals surface area contributed by atoms with E-state index < -0.39 is 0 Å². The first kappa shape index (κ1) is 23.3. The lowest BCUT2D eigenvalue weighted by molar-refractivity contribution is -0.108. The van der Waals surface area contributed by atoms with Gasteiger partial charge >= 0.3 is 0 Å². The van der Waals surface area contributed by atoms with Crippen LogP contribution < -0.4 is 0 Å². The molecule has 0 aromatic rings. The van der Waals surface area contributed by atoms with Crippen LogP contribution >= 0.6 is 0 Å². The van der Waals surface area contributed by atoms with Crippen molar-refractivity contribution in [3.63, 3.8) is 0 Å². The fraction of sp³-hybridized carbons (Fsp3) is 0.900. The predicted octanol–water partition coefficient (Wildman–Crippen LogP) is 4.14. The van der Waals surface area contributed by atoms with Gasteiger partial charge in [-0.25, -0.2) is 0 Å². The zero-order valence-corrected chi connectivity index (χ0v) is 15.6. The van der Waals surface area contributed by atoms with Gasteiger partial charge in [-0.05, 0) is 58.2 Å². The van der Waals surface area contributed by atoms with E-state index in [9.17, 15) is 9.59 Å². The fourth-order valence-electron chi connectivity index (χ4n) is 2.97. The Labute approximate surface area is 149 Å². The highest BCUT2D eigenvalue weighted by molar-refractivity contribution is 5.49. The Balaban J connectivity index is 3.67. The van der Waals surface area contributed by atoms with E-state index in [4.69, 9.17) is 5.11 Å². The smallest absolute Gasteiger partial charge is 0.119 e. The Morgan fingerprint density at radius 1 is 0.542 bits per heavy atom. The van der Waals surface area contributed by atoms with Crippen molar-refractivity contribution in [2.45, 2.75) is 89.9 Å². The van der Waals surface area contributed by atoms with Crippen LogP contribution in [0.1, 0.15) is 89.9 Å². The second-order valence-corrected chi connectivity index (χ2v) is 6.72. The van der Waals surface area contributed by atoms with Crippen molar-refractivity contribution < 1.29 is 14.7 Å². The van der Waals surface area contributed by atoms with E-state index >= 15 is 0 Å². The predicted molar refractivity (Wildman–Crippen MR) is 100 cm³/mol. The molecule has 0 aliphatic heterocycles. The van der Waals surface area contributed by atoms with Crippen molar-refractivity contribution in [2.24, 2.45) is 0 Å². The third kappa shape index (κ3) is 17.6. The summed E-state index contributed by atoms with van der Waals surface area (Å²) in [6.45, 7) is 3.70. The van der Waals surface area contributed by atoms with Crippen LogP contribution in [0.3, 0.4) is 0 Å². The van der Waals surface area contributed by atoms with Gasteiger partial charge in [0.15, 0.2) is 0 Å². The van der Waals surface area contributed by atoms with Crippen molar-refractivity contribution >= 4 is 12.6 Å². The average molecular weight is 342 g/mol. The summed E-state index contributed by atoms with van der Waals surface area (Å²) in [5, 5.41) is 8.94. The van der Waals surface area contributed by atoms with E-state index in [0.717, 1.165) is 57.9 Å². The quantitative estimate of drug-likeness (QED) is 0.267. The maximum absolute atomic E-state index is 10.3. The Bertz CT molecular complexity index is 250. The minimum absolute atomic E-state index is 0.293. The second-order valence-electron chi connectivity index (χ2n) is 6.72. The zero-order chi connectivity index (χ0) is 17.7. The van der Waals surface area contributed by atoms with E-state index in [1.807, 2.05) is 0 Å². The van der Waals surface area contributed by atoms with Gasteiger partial charge in [0.2, 0.25) is 0 Å². The van der Waals surface area contributed by atoms with Crippen LogP contribution in [-0.2, 0) is 9.59 Å². The van der Waals surface area contributed by atoms with Crippen LogP contribution in [0.25, 0.3) is 0 Å². The van der Waals surface area contributed by atoms with Crippen molar-refractivity contribution in [1.29, 1.82) is 0 Å². The maximum atomic E-state index is 10.3. The topological polar surface area (TPSA) is 57.6 Å². The highest BCUT2D eigenvalue weighted by Crippen LogP contribution is 2.09. The lowest BCUT2D eigenvalue weighted by Gasteiger charge is -2.22. The molecule has 0 radical (unpaired) electrons. The zero-order valence-electron chi connectivity index (χ0n) is 15.6. The Morgan fingerprint density at radius 3 is 1.33 bits per heavy atom. The molecule has 0 aliphatic rings. The number of hydrogen-bond acceptors (Lipinski definition) is 4. The number of aliphatic hydroxyl groups is 1. The molecule has 1 N–H and O–H groups in total. The molecule has 0 aliphatic carbocycles. The summed E-state index contributed by atoms with van der Waals surface area (Å²) in [7, 11) is 0. The summed E-state index contributed by atoms with van der Waals surface area (Å²) in [4.78, 5) is 23.1. The molecule has 0 saturated carbocycles. The molecule has 0 aromatic heterocycles. The number of aliphatic hydroxyl groups excluding tert-OH is 1.